The smallest absolute Gasteiger partial charge is 0.326 e. The van der Waals surface area contributed by atoms with Crippen molar-refractivity contribution in [2.24, 2.45) is 11.5 Å². The van der Waals surface area contributed by atoms with Gasteiger partial charge < -0.3 is 42.7 Å². The van der Waals surface area contributed by atoms with Crippen LogP contribution in [-0.2, 0) is 36.8 Å². The summed E-state index contributed by atoms with van der Waals surface area (Å²) in [6.07, 6.45) is -0.792. The fraction of sp³-hybridized carbons (Fsp3) is 0.292. The first-order chi connectivity index (χ1) is 17.5. The molecule has 3 atom stereocenters. The predicted octanol–water partition coefficient (Wildman–Crippen LogP) is -1.74. The number of nitrogens with one attached hydrogen (secondary N) is 3. The van der Waals surface area contributed by atoms with Crippen LogP contribution in [0.25, 0.3) is 0 Å². The van der Waals surface area contributed by atoms with Crippen LogP contribution < -0.4 is 27.4 Å². The van der Waals surface area contributed by atoms with Crippen molar-refractivity contribution in [1.29, 1.82) is 0 Å². The Morgan fingerprint density at radius 3 is 1.49 bits per heavy atom. The van der Waals surface area contributed by atoms with Crippen molar-refractivity contribution in [2.75, 3.05) is 6.54 Å². The first-order valence-corrected chi connectivity index (χ1v) is 11.2. The van der Waals surface area contributed by atoms with E-state index in [2.05, 4.69) is 16.0 Å². The molecule has 0 heterocycles. The Balaban J connectivity index is 2.30. The average Bonchev–Trinajstić information content (AvgIpc) is 2.84. The van der Waals surface area contributed by atoms with Crippen molar-refractivity contribution in [3.63, 3.8) is 0 Å². The maximum absolute atomic E-state index is 13.2. The van der Waals surface area contributed by atoms with Gasteiger partial charge in [-0.1, -0.05) is 24.3 Å². The quantitative estimate of drug-likeness (QED) is 0.151. The van der Waals surface area contributed by atoms with E-state index >= 15 is 0 Å². The summed E-state index contributed by atoms with van der Waals surface area (Å²) < 4.78 is 0. The Morgan fingerprint density at radius 2 is 1.11 bits per heavy atom. The minimum Gasteiger partial charge on any atom is -0.508 e. The summed E-state index contributed by atoms with van der Waals surface area (Å²) in [5.41, 5.74) is 11.5. The standard InChI is InChI=1S/C24H29N5O8/c25-12-21(33)27-17(9-13-1-5-15(30)6-2-13)22(34)28-18(10-14-3-7-16(31)8-4-14)23(35)29-19(24(36)37)11-20(26)32/h1-8,17-19,30-31H,9-12,25H2,(H2,26,32)(H,27,33)(H,28,34)(H,29,35)(H,36,37). The van der Waals surface area contributed by atoms with Crippen molar-refractivity contribution in [1.82, 2.24) is 16.0 Å². The maximum Gasteiger partial charge on any atom is 0.326 e. The fourth-order valence-corrected chi connectivity index (χ4v) is 3.35. The summed E-state index contributed by atoms with van der Waals surface area (Å²) in [6, 6.07) is 7.52. The van der Waals surface area contributed by atoms with Gasteiger partial charge in [-0.3, -0.25) is 19.2 Å². The number of amides is 4. The molecular formula is C24H29N5O8. The zero-order chi connectivity index (χ0) is 27.5. The topological polar surface area (TPSA) is 234 Å². The molecule has 0 fully saturated rings. The average molecular weight is 516 g/mol. The number of hydrogen-bond acceptors (Lipinski definition) is 8. The number of carbonyl (C=O) groups excluding carboxylic acids is 4. The number of aromatic hydroxyl groups is 2. The number of carboxylic acids is 1. The molecule has 37 heavy (non-hydrogen) atoms. The number of carboxylic acid groups (broad SMARTS) is 1. The predicted molar refractivity (Wildman–Crippen MR) is 130 cm³/mol. The molecule has 13 heteroatoms. The molecule has 0 aliphatic rings. The van der Waals surface area contributed by atoms with Crippen LogP contribution in [0.5, 0.6) is 11.5 Å². The Labute approximate surface area is 211 Å². The van der Waals surface area contributed by atoms with E-state index in [9.17, 15) is 39.3 Å². The molecule has 0 spiro atoms. The van der Waals surface area contributed by atoms with E-state index in [4.69, 9.17) is 11.5 Å². The van der Waals surface area contributed by atoms with Gasteiger partial charge in [-0.05, 0) is 35.4 Å². The van der Waals surface area contributed by atoms with Crippen molar-refractivity contribution >= 4 is 29.6 Å². The third kappa shape index (κ3) is 9.49. The molecule has 0 saturated heterocycles. The molecule has 10 N–H and O–H groups in total. The lowest BCUT2D eigenvalue weighted by Gasteiger charge is -2.24. The third-order valence-electron chi connectivity index (χ3n) is 5.24. The third-order valence-corrected chi connectivity index (χ3v) is 5.24. The van der Waals surface area contributed by atoms with Gasteiger partial charge in [0.15, 0.2) is 0 Å². The van der Waals surface area contributed by atoms with Gasteiger partial charge in [-0.2, -0.15) is 0 Å². The van der Waals surface area contributed by atoms with Crippen molar-refractivity contribution in [3.05, 3.63) is 59.7 Å². The van der Waals surface area contributed by atoms with Crippen molar-refractivity contribution in [3.8, 4) is 11.5 Å². The number of nitrogens with two attached hydrogens (primary N) is 2. The second kappa shape index (κ2) is 13.4. The fourth-order valence-electron chi connectivity index (χ4n) is 3.35. The van der Waals surface area contributed by atoms with Gasteiger partial charge in [0.2, 0.25) is 23.6 Å². The number of hydrogen-bond donors (Lipinski definition) is 8. The molecule has 0 bridgehead atoms. The second-order valence-electron chi connectivity index (χ2n) is 8.20. The van der Waals surface area contributed by atoms with Crippen LogP contribution in [0.4, 0.5) is 0 Å². The summed E-state index contributed by atoms with van der Waals surface area (Å²) in [7, 11) is 0. The molecule has 0 radical (unpaired) electrons. The van der Waals surface area contributed by atoms with Crippen LogP contribution in [0.3, 0.4) is 0 Å². The highest BCUT2D eigenvalue weighted by atomic mass is 16.4. The number of phenols is 2. The summed E-state index contributed by atoms with van der Waals surface area (Å²) >= 11 is 0. The summed E-state index contributed by atoms with van der Waals surface area (Å²) in [6.45, 7) is -0.399. The molecule has 0 saturated carbocycles. The van der Waals surface area contributed by atoms with Gasteiger partial charge in [0.25, 0.3) is 0 Å². The lowest BCUT2D eigenvalue weighted by molar-refractivity contribution is -0.143. The van der Waals surface area contributed by atoms with Gasteiger partial charge in [0.05, 0.1) is 13.0 Å². The first kappa shape index (κ1) is 28.6. The molecule has 0 aromatic heterocycles. The lowest BCUT2D eigenvalue weighted by Crippen LogP contribution is -2.57. The first-order valence-electron chi connectivity index (χ1n) is 11.2. The summed E-state index contributed by atoms with van der Waals surface area (Å²) in [5.74, 6) is -4.79. The number of benzene rings is 2. The van der Waals surface area contributed by atoms with Gasteiger partial charge in [0.1, 0.15) is 29.6 Å². The van der Waals surface area contributed by atoms with Crippen molar-refractivity contribution < 1.29 is 39.3 Å². The molecule has 2 aromatic carbocycles. The van der Waals surface area contributed by atoms with Crippen LogP contribution in [0, 0.1) is 0 Å². The largest absolute Gasteiger partial charge is 0.508 e. The maximum atomic E-state index is 13.2. The Kier molecular flexibility index (Phi) is 10.4. The molecule has 13 nitrogen and oxygen atoms in total. The Bertz CT molecular complexity index is 1120. The van der Waals surface area contributed by atoms with E-state index in [1.807, 2.05) is 0 Å². The molecule has 0 aliphatic heterocycles. The highest BCUT2D eigenvalue weighted by Crippen LogP contribution is 2.14. The van der Waals surface area contributed by atoms with Gasteiger partial charge >= 0.3 is 5.97 Å². The normalized spacial score (nSPS) is 13.0. The van der Waals surface area contributed by atoms with E-state index in [1.165, 1.54) is 36.4 Å². The van der Waals surface area contributed by atoms with Gasteiger partial charge in [-0.25, -0.2) is 4.79 Å². The monoisotopic (exact) mass is 515 g/mol. The van der Waals surface area contributed by atoms with Crippen molar-refractivity contribution in [2.45, 2.75) is 37.4 Å². The summed E-state index contributed by atoms with van der Waals surface area (Å²) in [4.78, 5) is 60.9. The van der Waals surface area contributed by atoms with E-state index < -0.39 is 60.7 Å². The van der Waals surface area contributed by atoms with Crippen LogP contribution in [0.15, 0.2) is 48.5 Å². The van der Waals surface area contributed by atoms with Crippen LogP contribution in [0.1, 0.15) is 17.5 Å². The molecular weight excluding hydrogens is 486 g/mol. The Morgan fingerprint density at radius 1 is 0.703 bits per heavy atom. The van der Waals surface area contributed by atoms with Gasteiger partial charge in [-0.15, -0.1) is 0 Å². The number of primary amides is 1. The van der Waals surface area contributed by atoms with Crippen LogP contribution in [-0.4, -0.2) is 69.6 Å². The van der Waals surface area contributed by atoms with E-state index in [0.29, 0.717) is 11.1 Å². The van der Waals surface area contributed by atoms with Gasteiger partial charge in [0, 0.05) is 12.8 Å². The Hall–Kier alpha value is -4.65. The zero-order valence-corrected chi connectivity index (χ0v) is 19.7. The van der Waals surface area contributed by atoms with E-state index in [1.54, 1.807) is 12.1 Å². The van der Waals surface area contributed by atoms with E-state index in [0.717, 1.165) is 0 Å². The SMILES string of the molecule is NCC(=O)NC(Cc1ccc(O)cc1)C(=O)NC(Cc1ccc(O)cc1)C(=O)NC(CC(N)=O)C(=O)O. The minimum absolute atomic E-state index is 0.00493. The van der Waals surface area contributed by atoms with Crippen LogP contribution >= 0.6 is 0 Å². The highest BCUT2D eigenvalue weighted by molar-refractivity contribution is 5.94. The molecule has 3 unspecified atom stereocenters. The minimum atomic E-state index is -1.63. The number of aliphatic carboxylic acids is 1. The zero-order valence-electron chi connectivity index (χ0n) is 19.7. The number of phenolic OH excluding ortho intramolecular Hbond substituents is 2. The molecule has 2 aromatic rings. The number of rotatable bonds is 13. The molecule has 198 valence electrons. The highest BCUT2D eigenvalue weighted by Gasteiger charge is 2.30. The summed E-state index contributed by atoms with van der Waals surface area (Å²) in [5, 5.41) is 35.5. The number of carbonyl (C=O) groups is 5. The lowest BCUT2D eigenvalue weighted by atomic mass is 10.0. The molecule has 2 rings (SSSR count). The molecule has 4 amide bonds. The van der Waals surface area contributed by atoms with Crippen LogP contribution in [0.2, 0.25) is 0 Å². The van der Waals surface area contributed by atoms with E-state index in [-0.39, 0.29) is 24.3 Å². The second-order valence-corrected chi connectivity index (χ2v) is 8.20. The molecule has 0 aliphatic carbocycles.